The van der Waals surface area contributed by atoms with Gasteiger partial charge in [0.2, 0.25) is 0 Å². The molecule has 0 radical (unpaired) electrons. The Balaban J connectivity index is 2.13. The Morgan fingerprint density at radius 1 is 1.25 bits per heavy atom. The van der Waals surface area contributed by atoms with Gasteiger partial charge < -0.3 is 5.73 Å². The molecule has 0 unspecified atom stereocenters. The first-order valence-corrected chi connectivity index (χ1v) is 7.81. The fourth-order valence-corrected chi connectivity index (χ4v) is 3.74. The second-order valence-corrected chi connectivity index (χ2v) is 6.40. The molecule has 0 atom stereocenters. The minimum Gasteiger partial charge on any atom is -0.398 e. The van der Waals surface area contributed by atoms with Crippen LogP contribution >= 0.6 is 27.3 Å². The lowest BCUT2D eigenvalue weighted by molar-refractivity contribution is 0.104. The Kier molecular flexibility index (Phi) is 3.36. The van der Waals surface area contributed by atoms with Gasteiger partial charge in [-0.3, -0.25) is 4.79 Å². The minimum absolute atomic E-state index is 0.0149. The van der Waals surface area contributed by atoms with Gasteiger partial charge in [0.1, 0.15) is 0 Å². The fourth-order valence-electron chi connectivity index (χ4n) is 2.14. The molecule has 4 heteroatoms. The minimum atomic E-state index is 0.0149. The van der Waals surface area contributed by atoms with Crippen LogP contribution in [0.3, 0.4) is 0 Å². The summed E-state index contributed by atoms with van der Waals surface area (Å²) in [6, 6.07) is 11.4. The van der Waals surface area contributed by atoms with E-state index in [-0.39, 0.29) is 5.78 Å². The summed E-state index contributed by atoms with van der Waals surface area (Å²) >= 11 is 5.09. The largest absolute Gasteiger partial charge is 0.398 e. The van der Waals surface area contributed by atoms with E-state index in [1.807, 2.05) is 42.6 Å². The van der Waals surface area contributed by atoms with E-state index in [1.165, 1.54) is 0 Å². The quantitative estimate of drug-likeness (QED) is 0.536. The number of hydrogen-bond donors (Lipinski definition) is 1. The maximum atomic E-state index is 12.6. The van der Waals surface area contributed by atoms with Crippen molar-refractivity contribution in [2.24, 2.45) is 0 Å². The van der Waals surface area contributed by atoms with Crippen molar-refractivity contribution in [1.29, 1.82) is 0 Å². The number of benzene rings is 2. The maximum Gasteiger partial charge on any atom is 0.194 e. The number of carbonyl (C=O) groups is 1. The average Bonchev–Trinajstić information content (AvgIpc) is 2.86. The second kappa shape index (κ2) is 5.04. The summed E-state index contributed by atoms with van der Waals surface area (Å²) in [7, 11) is 0. The molecule has 1 aromatic heterocycles. The first-order valence-electron chi connectivity index (χ1n) is 6.14. The summed E-state index contributed by atoms with van der Waals surface area (Å²) in [4.78, 5) is 12.6. The van der Waals surface area contributed by atoms with Crippen LogP contribution in [0.1, 0.15) is 21.5 Å². The van der Waals surface area contributed by atoms with Crippen molar-refractivity contribution in [3.05, 3.63) is 62.9 Å². The van der Waals surface area contributed by atoms with Crippen molar-refractivity contribution >= 4 is 48.8 Å². The Hall–Kier alpha value is -1.65. The van der Waals surface area contributed by atoms with Gasteiger partial charge in [-0.1, -0.05) is 24.3 Å². The van der Waals surface area contributed by atoms with Crippen LogP contribution in [-0.2, 0) is 0 Å². The molecule has 3 rings (SSSR count). The zero-order valence-electron chi connectivity index (χ0n) is 10.8. The molecule has 20 heavy (non-hydrogen) atoms. The maximum absolute atomic E-state index is 12.6. The Morgan fingerprint density at radius 3 is 2.80 bits per heavy atom. The zero-order chi connectivity index (χ0) is 14.3. The van der Waals surface area contributed by atoms with E-state index >= 15 is 0 Å². The number of fused-ring (bicyclic) bond motifs is 1. The van der Waals surface area contributed by atoms with Gasteiger partial charge in [-0.2, -0.15) is 0 Å². The lowest BCUT2D eigenvalue weighted by Crippen LogP contribution is -2.02. The van der Waals surface area contributed by atoms with Gasteiger partial charge in [0.15, 0.2) is 5.78 Å². The molecule has 0 aliphatic carbocycles. The lowest BCUT2D eigenvalue weighted by Gasteiger charge is -2.04. The van der Waals surface area contributed by atoms with Gasteiger partial charge in [0.25, 0.3) is 0 Å². The van der Waals surface area contributed by atoms with E-state index in [0.29, 0.717) is 11.3 Å². The third-order valence-electron chi connectivity index (χ3n) is 3.34. The SMILES string of the molecule is Cc1ccc(C(=O)c2csc3c(Br)cccc23)cc1N. The zero-order valence-corrected chi connectivity index (χ0v) is 13.2. The lowest BCUT2D eigenvalue weighted by atomic mass is 10.0. The van der Waals surface area contributed by atoms with Crippen LogP contribution in [-0.4, -0.2) is 5.78 Å². The third kappa shape index (κ3) is 2.15. The summed E-state index contributed by atoms with van der Waals surface area (Å²) in [6.45, 7) is 1.93. The van der Waals surface area contributed by atoms with E-state index < -0.39 is 0 Å². The predicted molar refractivity (Wildman–Crippen MR) is 88.5 cm³/mol. The highest BCUT2D eigenvalue weighted by molar-refractivity contribution is 9.10. The molecule has 1 heterocycles. The number of nitrogens with two attached hydrogens (primary N) is 1. The summed E-state index contributed by atoms with van der Waals surface area (Å²) in [6.07, 6.45) is 0. The number of nitrogen functional groups attached to an aromatic ring is 1. The van der Waals surface area contributed by atoms with Crippen LogP contribution in [0.4, 0.5) is 5.69 Å². The third-order valence-corrected chi connectivity index (χ3v) is 5.29. The summed E-state index contributed by atoms with van der Waals surface area (Å²) in [5.74, 6) is 0.0149. The molecule has 0 amide bonds. The van der Waals surface area contributed by atoms with Crippen molar-refractivity contribution in [3.8, 4) is 0 Å². The molecule has 100 valence electrons. The first kappa shape index (κ1) is 13.3. The molecular weight excluding hydrogens is 334 g/mol. The number of carbonyl (C=O) groups excluding carboxylic acids is 1. The molecule has 2 nitrogen and oxygen atoms in total. The summed E-state index contributed by atoms with van der Waals surface area (Å²) in [5, 5.41) is 2.89. The highest BCUT2D eigenvalue weighted by Crippen LogP contribution is 2.33. The van der Waals surface area contributed by atoms with E-state index in [0.717, 1.165) is 25.7 Å². The highest BCUT2D eigenvalue weighted by Gasteiger charge is 2.15. The summed E-state index contributed by atoms with van der Waals surface area (Å²) in [5.41, 5.74) is 8.89. The molecule has 3 aromatic rings. The van der Waals surface area contributed by atoms with E-state index in [1.54, 1.807) is 17.4 Å². The van der Waals surface area contributed by atoms with Crippen molar-refractivity contribution in [2.75, 3.05) is 5.73 Å². The fraction of sp³-hybridized carbons (Fsp3) is 0.0625. The van der Waals surface area contributed by atoms with Gasteiger partial charge in [-0.05, 0) is 40.5 Å². The molecule has 0 bridgehead atoms. The van der Waals surface area contributed by atoms with E-state index in [4.69, 9.17) is 5.73 Å². The van der Waals surface area contributed by atoms with Crippen molar-refractivity contribution < 1.29 is 4.79 Å². The van der Waals surface area contributed by atoms with Gasteiger partial charge >= 0.3 is 0 Å². The Bertz CT molecular complexity index is 822. The molecule has 0 spiro atoms. The molecule has 0 aliphatic rings. The summed E-state index contributed by atoms with van der Waals surface area (Å²) < 4.78 is 2.11. The van der Waals surface area contributed by atoms with Crippen LogP contribution in [0.2, 0.25) is 0 Å². The standard InChI is InChI=1S/C16H12BrNOS/c1-9-5-6-10(7-14(9)18)15(19)12-8-20-16-11(12)3-2-4-13(16)17/h2-8H,18H2,1H3. The molecule has 0 aliphatic heterocycles. The number of anilines is 1. The number of rotatable bonds is 2. The monoisotopic (exact) mass is 345 g/mol. The van der Waals surface area contributed by atoms with Gasteiger partial charge in [-0.25, -0.2) is 0 Å². The van der Waals surface area contributed by atoms with Gasteiger partial charge in [0, 0.05) is 36.8 Å². The number of hydrogen-bond acceptors (Lipinski definition) is 3. The van der Waals surface area contributed by atoms with Crippen LogP contribution in [0.25, 0.3) is 10.1 Å². The van der Waals surface area contributed by atoms with Crippen molar-refractivity contribution in [1.82, 2.24) is 0 Å². The van der Waals surface area contributed by atoms with Crippen LogP contribution in [0.5, 0.6) is 0 Å². The normalized spacial score (nSPS) is 10.9. The van der Waals surface area contributed by atoms with Crippen LogP contribution in [0, 0.1) is 6.92 Å². The number of thiophene rings is 1. The topological polar surface area (TPSA) is 43.1 Å². The predicted octanol–water partition coefficient (Wildman–Crippen LogP) is 4.79. The van der Waals surface area contributed by atoms with Crippen LogP contribution < -0.4 is 5.73 Å². The number of halogens is 1. The highest BCUT2D eigenvalue weighted by atomic mass is 79.9. The Labute approximate surface area is 129 Å². The second-order valence-electron chi connectivity index (χ2n) is 4.67. The van der Waals surface area contributed by atoms with Crippen molar-refractivity contribution in [2.45, 2.75) is 6.92 Å². The molecule has 2 aromatic carbocycles. The number of ketones is 1. The molecule has 2 N–H and O–H groups in total. The van der Waals surface area contributed by atoms with Gasteiger partial charge in [-0.15, -0.1) is 11.3 Å². The molecule has 0 saturated carbocycles. The average molecular weight is 346 g/mol. The van der Waals surface area contributed by atoms with E-state index in [2.05, 4.69) is 15.9 Å². The van der Waals surface area contributed by atoms with E-state index in [9.17, 15) is 4.79 Å². The van der Waals surface area contributed by atoms with Gasteiger partial charge in [0.05, 0.1) is 0 Å². The van der Waals surface area contributed by atoms with Crippen molar-refractivity contribution in [3.63, 3.8) is 0 Å². The molecular formula is C16H12BrNOS. The molecule has 0 fully saturated rings. The van der Waals surface area contributed by atoms with Crippen LogP contribution in [0.15, 0.2) is 46.3 Å². The number of aryl methyl sites for hydroxylation is 1. The molecule has 0 saturated heterocycles. The smallest absolute Gasteiger partial charge is 0.194 e. The Morgan fingerprint density at radius 2 is 2.05 bits per heavy atom. The first-order chi connectivity index (χ1) is 9.58.